The highest BCUT2D eigenvalue weighted by molar-refractivity contribution is 7.13. The Morgan fingerprint density at radius 1 is 1.28 bits per heavy atom. The Bertz CT molecular complexity index is 784. The molecule has 0 unspecified atom stereocenters. The lowest BCUT2D eigenvalue weighted by Gasteiger charge is -2.45. The highest BCUT2D eigenvalue weighted by Gasteiger charge is 2.37. The Morgan fingerprint density at radius 2 is 2.08 bits per heavy atom. The number of rotatable bonds is 3. The van der Waals surface area contributed by atoms with Gasteiger partial charge in [0.15, 0.2) is 0 Å². The third-order valence-electron chi connectivity index (χ3n) is 5.28. The van der Waals surface area contributed by atoms with E-state index in [1.165, 1.54) is 5.56 Å². The van der Waals surface area contributed by atoms with E-state index in [1.54, 1.807) is 11.3 Å². The number of aromatic nitrogens is 1. The molecule has 2 aliphatic rings. The number of carbonyl (C=O) groups excluding carboxylic acids is 1. The molecule has 0 N–H and O–H groups in total. The monoisotopic (exact) mass is 360 g/mol. The molecule has 0 bridgehead atoms. The van der Waals surface area contributed by atoms with Gasteiger partial charge in [-0.1, -0.05) is 0 Å². The van der Waals surface area contributed by atoms with Crippen LogP contribution in [-0.2, 0) is 11.3 Å². The summed E-state index contributed by atoms with van der Waals surface area (Å²) in [6.07, 6.45) is 0. The van der Waals surface area contributed by atoms with Crippen LogP contribution < -0.4 is 0 Å². The first-order chi connectivity index (χ1) is 12.0. The van der Waals surface area contributed by atoms with Crippen LogP contribution in [0.3, 0.4) is 0 Å². The number of hydrogen-bond acceptors (Lipinski definition) is 6. The minimum Gasteiger partial charge on any atom is -0.440 e. The molecular weight excluding hydrogens is 336 g/mol. The van der Waals surface area contributed by atoms with E-state index < -0.39 is 0 Å². The van der Waals surface area contributed by atoms with Gasteiger partial charge in [0.1, 0.15) is 11.8 Å². The molecule has 0 spiro atoms. The highest BCUT2D eigenvalue weighted by Crippen LogP contribution is 2.30. The number of oxazole rings is 1. The van der Waals surface area contributed by atoms with Gasteiger partial charge in [0.25, 0.3) is 0 Å². The van der Waals surface area contributed by atoms with E-state index in [1.807, 2.05) is 18.9 Å². The van der Waals surface area contributed by atoms with Crippen molar-refractivity contribution < 1.29 is 9.21 Å². The molecule has 134 valence electrons. The molecule has 0 aromatic carbocycles. The minimum absolute atomic E-state index is 0.0151. The van der Waals surface area contributed by atoms with Crippen molar-refractivity contribution in [1.29, 1.82) is 0 Å². The summed E-state index contributed by atoms with van der Waals surface area (Å²) in [6, 6.07) is 2.07. The van der Waals surface area contributed by atoms with Crippen molar-refractivity contribution in [3.05, 3.63) is 28.5 Å². The van der Waals surface area contributed by atoms with E-state index in [-0.39, 0.29) is 11.9 Å². The van der Waals surface area contributed by atoms with Gasteiger partial charge in [-0.05, 0) is 30.9 Å². The number of nitrogens with zero attached hydrogens (tertiary/aromatic N) is 4. The van der Waals surface area contributed by atoms with Gasteiger partial charge in [-0.3, -0.25) is 14.6 Å². The molecule has 2 fully saturated rings. The van der Waals surface area contributed by atoms with Crippen molar-refractivity contribution in [2.24, 2.45) is 0 Å². The first-order valence-corrected chi connectivity index (χ1v) is 9.63. The largest absolute Gasteiger partial charge is 0.440 e. The zero-order valence-electron chi connectivity index (χ0n) is 15.0. The SMILES string of the molecule is Cc1ccsc1-c1nc(CN2CCN3CCN(C)C(=O)[C@H]3C2)c(C)o1. The van der Waals surface area contributed by atoms with Crippen LogP contribution in [0.4, 0.5) is 0 Å². The second-order valence-electron chi connectivity index (χ2n) is 7.00. The van der Waals surface area contributed by atoms with Gasteiger partial charge >= 0.3 is 0 Å². The van der Waals surface area contributed by atoms with Crippen molar-refractivity contribution in [3.8, 4) is 10.8 Å². The lowest BCUT2D eigenvalue weighted by atomic mass is 10.1. The second-order valence-corrected chi connectivity index (χ2v) is 7.92. The lowest BCUT2D eigenvalue weighted by Crippen LogP contribution is -2.63. The molecule has 7 heteroatoms. The van der Waals surface area contributed by atoms with Crippen LogP contribution in [-0.4, -0.2) is 71.4 Å². The standard InChI is InChI=1S/C18H24N4O2S/c1-12-4-9-25-16(12)17-19-14(13(2)24-17)10-21-6-8-22-7-5-20(3)18(23)15(22)11-21/h4,9,15H,5-8,10-11H2,1-3H3/t15-/m1/s1. The maximum atomic E-state index is 12.4. The van der Waals surface area contributed by atoms with Crippen molar-refractivity contribution in [2.45, 2.75) is 26.4 Å². The molecule has 0 aliphatic carbocycles. The van der Waals surface area contributed by atoms with Gasteiger partial charge in [-0.25, -0.2) is 4.98 Å². The minimum atomic E-state index is -0.0151. The Morgan fingerprint density at radius 3 is 2.84 bits per heavy atom. The van der Waals surface area contributed by atoms with Crippen LogP contribution in [0, 0.1) is 13.8 Å². The average molecular weight is 360 g/mol. The van der Waals surface area contributed by atoms with Gasteiger partial charge in [0.2, 0.25) is 11.8 Å². The van der Waals surface area contributed by atoms with E-state index in [9.17, 15) is 4.79 Å². The number of amides is 1. The number of thiophene rings is 1. The topological polar surface area (TPSA) is 52.8 Å². The molecule has 2 aromatic rings. The number of hydrogen-bond donors (Lipinski definition) is 0. The van der Waals surface area contributed by atoms with Crippen molar-refractivity contribution >= 4 is 17.2 Å². The van der Waals surface area contributed by atoms with Crippen LogP contribution in [0.5, 0.6) is 0 Å². The Labute approximate surface area is 152 Å². The van der Waals surface area contributed by atoms with E-state index in [0.717, 1.165) is 55.6 Å². The fourth-order valence-corrected chi connectivity index (χ4v) is 4.49. The van der Waals surface area contributed by atoms with Crippen LogP contribution in [0.25, 0.3) is 10.8 Å². The summed E-state index contributed by atoms with van der Waals surface area (Å²) in [5, 5.41) is 2.06. The number of piperazine rings is 2. The summed E-state index contributed by atoms with van der Waals surface area (Å²) < 4.78 is 5.91. The average Bonchev–Trinajstić information content (AvgIpc) is 3.17. The van der Waals surface area contributed by atoms with Gasteiger partial charge in [0.05, 0.1) is 10.6 Å². The molecule has 0 radical (unpaired) electrons. The quantitative estimate of drug-likeness (QED) is 0.838. The van der Waals surface area contributed by atoms with Crippen LogP contribution in [0.2, 0.25) is 0 Å². The number of likely N-dealkylation sites (N-methyl/N-ethyl adjacent to an activating group) is 1. The lowest BCUT2D eigenvalue weighted by molar-refractivity contribution is -0.143. The Hall–Kier alpha value is -1.70. The molecule has 2 saturated heterocycles. The zero-order chi connectivity index (χ0) is 17.6. The summed E-state index contributed by atoms with van der Waals surface area (Å²) in [6.45, 7) is 9.28. The van der Waals surface area contributed by atoms with Gasteiger partial charge in [-0.2, -0.15) is 0 Å². The molecule has 25 heavy (non-hydrogen) atoms. The molecule has 0 saturated carbocycles. The van der Waals surface area contributed by atoms with Crippen LogP contribution >= 0.6 is 11.3 Å². The molecule has 2 aliphatic heterocycles. The smallest absolute Gasteiger partial charge is 0.241 e. The van der Waals surface area contributed by atoms with Crippen molar-refractivity contribution in [2.75, 3.05) is 39.8 Å². The molecule has 1 amide bonds. The van der Waals surface area contributed by atoms with Crippen LogP contribution in [0.15, 0.2) is 15.9 Å². The maximum absolute atomic E-state index is 12.4. The summed E-state index contributed by atoms with van der Waals surface area (Å²) in [4.78, 5) is 24.8. The molecule has 4 rings (SSSR count). The number of aryl methyl sites for hydroxylation is 2. The highest BCUT2D eigenvalue weighted by atomic mass is 32.1. The van der Waals surface area contributed by atoms with E-state index in [2.05, 4.69) is 28.2 Å². The zero-order valence-corrected chi connectivity index (χ0v) is 15.8. The second kappa shape index (κ2) is 6.55. The van der Waals surface area contributed by atoms with Crippen molar-refractivity contribution in [1.82, 2.24) is 19.7 Å². The number of fused-ring (bicyclic) bond motifs is 1. The third-order valence-corrected chi connectivity index (χ3v) is 6.29. The predicted molar refractivity (Wildman–Crippen MR) is 97.6 cm³/mol. The van der Waals surface area contributed by atoms with Gasteiger partial charge in [0, 0.05) is 46.3 Å². The van der Waals surface area contributed by atoms with Crippen molar-refractivity contribution in [3.63, 3.8) is 0 Å². The molecule has 2 aromatic heterocycles. The van der Waals surface area contributed by atoms with E-state index in [4.69, 9.17) is 9.40 Å². The molecule has 4 heterocycles. The summed E-state index contributed by atoms with van der Waals surface area (Å²) >= 11 is 1.66. The Balaban J connectivity index is 1.49. The predicted octanol–water partition coefficient (Wildman–Crippen LogP) is 1.98. The van der Waals surface area contributed by atoms with Gasteiger partial charge < -0.3 is 9.32 Å². The van der Waals surface area contributed by atoms with Gasteiger partial charge in [-0.15, -0.1) is 11.3 Å². The Kier molecular flexibility index (Phi) is 4.39. The number of carbonyl (C=O) groups is 1. The normalized spacial score (nSPS) is 22.4. The fraction of sp³-hybridized carbons (Fsp3) is 0.556. The summed E-state index contributed by atoms with van der Waals surface area (Å²) in [5.41, 5.74) is 2.18. The van der Waals surface area contributed by atoms with E-state index in [0.29, 0.717) is 5.89 Å². The molecule has 6 nitrogen and oxygen atoms in total. The first-order valence-electron chi connectivity index (χ1n) is 8.75. The third kappa shape index (κ3) is 3.12. The fourth-order valence-electron chi connectivity index (χ4n) is 3.64. The van der Waals surface area contributed by atoms with E-state index >= 15 is 0 Å². The summed E-state index contributed by atoms with van der Waals surface area (Å²) in [5.74, 6) is 1.83. The summed E-state index contributed by atoms with van der Waals surface area (Å²) in [7, 11) is 1.90. The molecule has 1 atom stereocenters. The first kappa shape index (κ1) is 16.8. The maximum Gasteiger partial charge on any atom is 0.241 e. The molecular formula is C18H24N4O2S. The van der Waals surface area contributed by atoms with Crippen LogP contribution in [0.1, 0.15) is 17.0 Å².